The van der Waals surface area contributed by atoms with Crippen LogP contribution in [0, 0.1) is 5.92 Å². The SMILES string of the molecule is CSc1nnc(-c2cn(C)nn2)n1-c1ccc(C(=O)NCC2CC2)cc1. The molecule has 0 spiro atoms. The van der Waals surface area contributed by atoms with E-state index in [4.69, 9.17) is 0 Å². The molecule has 3 aromatic rings. The number of hydrogen-bond donors (Lipinski definition) is 1. The number of thioether (sulfide) groups is 1. The zero-order valence-electron chi connectivity index (χ0n) is 14.6. The summed E-state index contributed by atoms with van der Waals surface area (Å²) < 4.78 is 3.54. The van der Waals surface area contributed by atoms with Gasteiger partial charge in [-0.2, -0.15) is 0 Å². The number of nitrogens with one attached hydrogen (secondary N) is 1. The maximum absolute atomic E-state index is 12.2. The molecule has 26 heavy (non-hydrogen) atoms. The summed E-state index contributed by atoms with van der Waals surface area (Å²) in [7, 11) is 1.81. The van der Waals surface area contributed by atoms with Gasteiger partial charge >= 0.3 is 0 Å². The lowest BCUT2D eigenvalue weighted by molar-refractivity contribution is 0.0952. The number of amides is 1. The fourth-order valence-corrected chi connectivity index (χ4v) is 3.17. The van der Waals surface area contributed by atoms with Gasteiger partial charge in [-0.25, -0.2) is 0 Å². The third kappa shape index (κ3) is 3.34. The number of benzene rings is 1. The van der Waals surface area contributed by atoms with Crippen molar-refractivity contribution < 1.29 is 4.79 Å². The van der Waals surface area contributed by atoms with E-state index in [1.54, 1.807) is 10.9 Å². The summed E-state index contributed by atoms with van der Waals surface area (Å²) in [5, 5.41) is 20.3. The molecule has 2 aromatic heterocycles. The molecule has 8 nitrogen and oxygen atoms in total. The van der Waals surface area contributed by atoms with Crippen molar-refractivity contribution in [1.29, 1.82) is 0 Å². The van der Waals surface area contributed by atoms with E-state index < -0.39 is 0 Å². The van der Waals surface area contributed by atoms with E-state index in [1.165, 1.54) is 24.6 Å². The number of aryl methyl sites for hydroxylation is 1. The number of rotatable bonds is 6. The Balaban J connectivity index is 1.62. The summed E-state index contributed by atoms with van der Waals surface area (Å²) in [5.74, 6) is 1.24. The van der Waals surface area contributed by atoms with Crippen molar-refractivity contribution in [3.05, 3.63) is 36.0 Å². The van der Waals surface area contributed by atoms with Crippen LogP contribution < -0.4 is 5.32 Å². The molecule has 1 aliphatic carbocycles. The van der Waals surface area contributed by atoms with Crippen molar-refractivity contribution in [1.82, 2.24) is 35.1 Å². The number of nitrogens with zero attached hydrogens (tertiary/aromatic N) is 6. The van der Waals surface area contributed by atoms with E-state index >= 15 is 0 Å². The Morgan fingerprint density at radius 3 is 2.62 bits per heavy atom. The molecule has 0 saturated heterocycles. The van der Waals surface area contributed by atoms with E-state index in [2.05, 4.69) is 25.8 Å². The van der Waals surface area contributed by atoms with Crippen molar-refractivity contribution in [2.24, 2.45) is 13.0 Å². The number of hydrogen-bond acceptors (Lipinski definition) is 6. The lowest BCUT2D eigenvalue weighted by Gasteiger charge is -2.09. The molecule has 1 N–H and O–H groups in total. The topological polar surface area (TPSA) is 90.5 Å². The minimum absolute atomic E-state index is 0.0357. The lowest BCUT2D eigenvalue weighted by Crippen LogP contribution is -2.25. The van der Waals surface area contributed by atoms with Crippen LogP contribution in [0.25, 0.3) is 17.2 Å². The second-order valence-electron chi connectivity index (χ2n) is 6.32. The zero-order valence-corrected chi connectivity index (χ0v) is 15.4. The van der Waals surface area contributed by atoms with Gasteiger partial charge in [-0.15, -0.1) is 15.3 Å². The summed E-state index contributed by atoms with van der Waals surface area (Å²) in [6.07, 6.45) is 6.18. The van der Waals surface area contributed by atoms with E-state index in [9.17, 15) is 4.79 Å². The molecule has 1 fully saturated rings. The van der Waals surface area contributed by atoms with E-state index in [0.717, 1.165) is 17.4 Å². The second-order valence-corrected chi connectivity index (χ2v) is 7.10. The Hall–Kier alpha value is -2.68. The van der Waals surface area contributed by atoms with Gasteiger partial charge in [0.15, 0.2) is 16.7 Å². The maximum Gasteiger partial charge on any atom is 0.251 e. The molecule has 1 saturated carbocycles. The van der Waals surface area contributed by atoms with Crippen molar-refractivity contribution >= 4 is 17.7 Å². The largest absolute Gasteiger partial charge is 0.352 e. The number of carbonyl (C=O) groups excluding carboxylic acids is 1. The van der Waals surface area contributed by atoms with Crippen molar-refractivity contribution in [2.45, 2.75) is 18.0 Å². The zero-order chi connectivity index (χ0) is 18.1. The monoisotopic (exact) mass is 369 g/mol. The summed E-state index contributed by atoms with van der Waals surface area (Å²) in [6.45, 7) is 0.763. The molecule has 2 heterocycles. The van der Waals surface area contributed by atoms with Crippen LogP contribution in [0.3, 0.4) is 0 Å². The molecule has 9 heteroatoms. The molecule has 0 unspecified atom stereocenters. The van der Waals surface area contributed by atoms with Crippen LogP contribution in [0.4, 0.5) is 0 Å². The first kappa shape index (κ1) is 16.8. The second kappa shape index (κ2) is 6.91. The van der Waals surface area contributed by atoms with Gasteiger partial charge in [0.2, 0.25) is 0 Å². The Morgan fingerprint density at radius 2 is 2.00 bits per heavy atom. The van der Waals surface area contributed by atoms with Crippen LogP contribution in [-0.4, -0.2) is 48.5 Å². The summed E-state index contributed by atoms with van der Waals surface area (Å²) in [5.41, 5.74) is 2.17. The van der Waals surface area contributed by atoms with Gasteiger partial charge in [-0.05, 0) is 49.3 Å². The van der Waals surface area contributed by atoms with Crippen LogP contribution in [0.1, 0.15) is 23.2 Å². The molecule has 134 valence electrons. The molecular formula is C17H19N7OS. The molecule has 0 radical (unpaired) electrons. The average molecular weight is 369 g/mol. The lowest BCUT2D eigenvalue weighted by atomic mass is 10.2. The number of carbonyl (C=O) groups is 1. The van der Waals surface area contributed by atoms with Gasteiger partial charge in [-0.1, -0.05) is 17.0 Å². The van der Waals surface area contributed by atoms with Crippen molar-refractivity contribution in [2.75, 3.05) is 12.8 Å². The summed E-state index contributed by atoms with van der Waals surface area (Å²) >= 11 is 1.50. The summed E-state index contributed by atoms with van der Waals surface area (Å²) in [4.78, 5) is 12.2. The van der Waals surface area contributed by atoms with E-state index in [1.807, 2.05) is 42.1 Å². The normalized spacial score (nSPS) is 13.8. The fourth-order valence-electron chi connectivity index (χ4n) is 2.67. The predicted molar refractivity (Wildman–Crippen MR) is 98.2 cm³/mol. The van der Waals surface area contributed by atoms with Crippen LogP contribution >= 0.6 is 11.8 Å². The van der Waals surface area contributed by atoms with Crippen LogP contribution in [0.5, 0.6) is 0 Å². The maximum atomic E-state index is 12.2. The molecule has 0 atom stereocenters. The van der Waals surface area contributed by atoms with Crippen molar-refractivity contribution in [3.63, 3.8) is 0 Å². The molecule has 4 rings (SSSR count). The highest BCUT2D eigenvalue weighted by atomic mass is 32.2. The standard InChI is InChI=1S/C17H19N7OS/c1-23-10-14(19-22-23)15-20-21-17(26-2)24(15)13-7-5-12(6-8-13)16(25)18-9-11-3-4-11/h5-8,10-11H,3-4,9H2,1-2H3,(H,18,25). The van der Waals surface area contributed by atoms with E-state index in [-0.39, 0.29) is 5.91 Å². The average Bonchev–Trinajstić information content (AvgIpc) is 3.23. The first-order chi connectivity index (χ1) is 12.7. The third-order valence-electron chi connectivity index (χ3n) is 4.28. The minimum atomic E-state index is -0.0357. The first-order valence-electron chi connectivity index (χ1n) is 8.40. The van der Waals surface area contributed by atoms with Crippen LogP contribution in [-0.2, 0) is 7.05 Å². The highest BCUT2D eigenvalue weighted by molar-refractivity contribution is 7.98. The molecule has 1 aliphatic rings. The van der Waals surface area contributed by atoms with Gasteiger partial charge in [0.1, 0.15) is 0 Å². The highest BCUT2D eigenvalue weighted by Crippen LogP contribution is 2.28. The van der Waals surface area contributed by atoms with Gasteiger partial charge < -0.3 is 5.32 Å². The third-order valence-corrected chi connectivity index (χ3v) is 4.91. The van der Waals surface area contributed by atoms with Gasteiger partial charge in [0, 0.05) is 24.8 Å². The Morgan fingerprint density at radius 1 is 1.23 bits per heavy atom. The molecule has 1 amide bonds. The Labute approximate surface area is 155 Å². The minimum Gasteiger partial charge on any atom is -0.352 e. The van der Waals surface area contributed by atoms with Crippen molar-refractivity contribution in [3.8, 4) is 17.2 Å². The number of aromatic nitrogens is 6. The van der Waals surface area contributed by atoms with Crippen LogP contribution in [0.2, 0.25) is 0 Å². The van der Waals surface area contributed by atoms with Crippen LogP contribution in [0.15, 0.2) is 35.6 Å². The first-order valence-corrected chi connectivity index (χ1v) is 9.63. The smallest absolute Gasteiger partial charge is 0.251 e. The van der Waals surface area contributed by atoms with Gasteiger partial charge in [-0.3, -0.25) is 14.0 Å². The molecule has 1 aromatic carbocycles. The fraction of sp³-hybridized carbons (Fsp3) is 0.353. The highest BCUT2D eigenvalue weighted by Gasteiger charge is 2.22. The van der Waals surface area contributed by atoms with E-state index in [0.29, 0.717) is 23.0 Å². The van der Waals surface area contributed by atoms with Gasteiger partial charge in [0.05, 0.1) is 6.20 Å². The molecule has 0 aliphatic heterocycles. The van der Waals surface area contributed by atoms with Gasteiger partial charge in [0.25, 0.3) is 5.91 Å². The summed E-state index contributed by atoms with van der Waals surface area (Å²) in [6, 6.07) is 7.44. The molecular weight excluding hydrogens is 350 g/mol. The predicted octanol–water partition coefficient (Wildman–Crippen LogP) is 1.92. The Kier molecular flexibility index (Phi) is 4.46. The molecule has 0 bridgehead atoms. The quantitative estimate of drug-likeness (QED) is 0.668. The Bertz CT molecular complexity index is 927.